The van der Waals surface area contributed by atoms with Crippen LogP contribution in [0.1, 0.15) is 35.1 Å². The minimum atomic E-state index is 0.124. The Balaban J connectivity index is 1.61. The summed E-state index contributed by atoms with van der Waals surface area (Å²) in [4.78, 5) is 19.0. The quantitative estimate of drug-likeness (QED) is 0.846. The summed E-state index contributed by atoms with van der Waals surface area (Å²) in [7, 11) is 3.62. The van der Waals surface area contributed by atoms with Crippen LogP contribution in [0.2, 0.25) is 0 Å². The highest BCUT2D eigenvalue weighted by Crippen LogP contribution is 2.27. The van der Waals surface area contributed by atoms with E-state index in [4.69, 9.17) is 4.74 Å². The fourth-order valence-corrected chi connectivity index (χ4v) is 3.25. The molecule has 0 radical (unpaired) electrons. The van der Waals surface area contributed by atoms with Crippen LogP contribution < -0.4 is 0 Å². The highest BCUT2D eigenvalue weighted by molar-refractivity contribution is 5.92. The zero-order chi connectivity index (χ0) is 16.2. The van der Waals surface area contributed by atoms with Gasteiger partial charge in [0.25, 0.3) is 5.91 Å². The number of carbonyl (C=O) groups excluding carboxylic acids is 1. The molecule has 3 rings (SSSR count). The van der Waals surface area contributed by atoms with E-state index in [9.17, 15) is 4.79 Å². The molecule has 23 heavy (non-hydrogen) atoms. The van der Waals surface area contributed by atoms with Crippen LogP contribution in [0.4, 0.5) is 0 Å². The van der Waals surface area contributed by atoms with Gasteiger partial charge in [-0.05, 0) is 25.0 Å². The van der Waals surface area contributed by atoms with E-state index in [0.29, 0.717) is 12.5 Å². The third kappa shape index (κ3) is 3.32. The number of ether oxygens (including phenoxy) is 1. The summed E-state index contributed by atoms with van der Waals surface area (Å²) < 4.78 is 9.21. The van der Waals surface area contributed by atoms with Crippen molar-refractivity contribution in [2.45, 2.75) is 25.3 Å². The molecule has 3 heterocycles. The Morgan fingerprint density at radius 1 is 1.35 bits per heavy atom. The molecule has 1 fully saturated rings. The van der Waals surface area contributed by atoms with Gasteiger partial charge in [0.2, 0.25) is 0 Å². The Bertz CT molecular complexity index is 653. The smallest absolute Gasteiger partial charge is 0.270 e. The second kappa shape index (κ2) is 7.00. The highest BCUT2D eigenvalue weighted by Gasteiger charge is 2.27. The first-order valence-electron chi connectivity index (χ1n) is 8.11. The van der Waals surface area contributed by atoms with Gasteiger partial charge >= 0.3 is 0 Å². The van der Waals surface area contributed by atoms with E-state index in [2.05, 4.69) is 9.55 Å². The topological polar surface area (TPSA) is 52.3 Å². The van der Waals surface area contributed by atoms with Crippen molar-refractivity contribution in [3.63, 3.8) is 0 Å². The summed E-state index contributed by atoms with van der Waals surface area (Å²) in [5, 5.41) is 0. The van der Waals surface area contributed by atoms with Crippen molar-refractivity contribution in [1.82, 2.24) is 19.0 Å². The monoisotopic (exact) mass is 316 g/mol. The standard InChI is InChI=1S/C17H24N4O2/c1-19-8-3-4-15(19)17(22)21-9-5-14(6-10-21)16-18-7-11-20(16)12-13-23-2/h3-4,7-8,11,14H,5-6,9-10,12-13H2,1-2H3. The van der Waals surface area contributed by atoms with E-state index in [1.165, 1.54) is 0 Å². The highest BCUT2D eigenvalue weighted by atomic mass is 16.5. The van der Waals surface area contributed by atoms with Gasteiger partial charge in [-0.3, -0.25) is 4.79 Å². The maximum Gasteiger partial charge on any atom is 0.270 e. The lowest BCUT2D eigenvalue weighted by Crippen LogP contribution is -2.39. The number of amides is 1. The molecule has 1 amide bonds. The number of hydrogen-bond donors (Lipinski definition) is 0. The lowest BCUT2D eigenvalue weighted by molar-refractivity contribution is 0.0700. The molecule has 0 spiro atoms. The largest absolute Gasteiger partial charge is 0.383 e. The van der Waals surface area contributed by atoms with Gasteiger partial charge in [0.15, 0.2) is 0 Å². The Morgan fingerprint density at radius 2 is 2.13 bits per heavy atom. The van der Waals surface area contributed by atoms with E-state index in [1.807, 2.05) is 47.2 Å². The van der Waals surface area contributed by atoms with Gasteiger partial charge < -0.3 is 18.8 Å². The molecule has 124 valence electrons. The Kier molecular flexibility index (Phi) is 4.81. The van der Waals surface area contributed by atoms with E-state index in [1.54, 1.807) is 7.11 Å². The second-order valence-corrected chi connectivity index (χ2v) is 6.04. The van der Waals surface area contributed by atoms with Crippen LogP contribution in [0.5, 0.6) is 0 Å². The lowest BCUT2D eigenvalue weighted by atomic mass is 9.95. The zero-order valence-electron chi connectivity index (χ0n) is 13.8. The summed E-state index contributed by atoms with van der Waals surface area (Å²) >= 11 is 0. The number of imidazole rings is 1. The minimum Gasteiger partial charge on any atom is -0.383 e. The normalized spacial score (nSPS) is 16.0. The predicted octanol–water partition coefficient (Wildman–Crippen LogP) is 1.89. The van der Waals surface area contributed by atoms with Crippen LogP contribution in [0.25, 0.3) is 0 Å². The second-order valence-electron chi connectivity index (χ2n) is 6.04. The molecule has 0 unspecified atom stereocenters. The number of hydrogen-bond acceptors (Lipinski definition) is 3. The molecule has 1 aliphatic rings. The van der Waals surface area contributed by atoms with Crippen molar-refractivity contribution < 1.29 is 9.53 Å². The van der Waals surface area contributed by atoms with Crippen LogP contribution in [0.3, 0.4) is 0 Å². The van der Waals surface area contributed by atoms with Crippen LogP contribution in [0.15, 0.2) is 30.7 Å². The zero-order valence-corrected chi connectivity index (χ0v) is 13.8. The summed E-state index contributed by atoms with van der Waals surface area (Å²) in [6.07, 6.45) is 7.69. The first-order chi connectivity index (χ1) is 11.2. The molecule has 0 N–H and O–H groups in total. The molecular weight excluding hydrogens is 292 g/mol. The Morgan fingerprint density at radius 3 is 2.78 bits per heavy atom. The Hall–Kier alpha value is -2.08. The predicted molar refractivity (Wildman–Crippen MR) is 87.4 cm³/mol. The maximum absolute atomic E-state index is 12.6. The van der Waals surface area contributed by atoms with Gasteiger partial charge in [-0.1, -0.05) is 0 Å². The summed E-state index contributed by atoms with van der Waals surface area (Å²) in [5.74, 6) is 1.66. The van der Waals surface area contributed by atoms with Crippen molar-refractivity contribution in [1.29, 1.82) is 0 Å². The molecule has 0 bridgehead atoms. The first kappa shape index (κ1) is 15.8. The molecule has 0 saturated carbocycles. The molecule has 2 aromatic rings. The van der Waals surface area contributed by atoms with Crippen molar-refractivity contribution in [3.05, 3.63) is 42.2 Å². The number of methoxy groups -OCH3 is 1. The third-order valence-electron chi connectivity index (χ3n) is 4.59. The van der Waals surface area contributed by atoms with Gasteiger partial charge in [-0.2, -0.15) is 0 Å². The van der Waals surface area contributed by atoms with Crippen molar-refractivity contribution in [2.75, 3.05) is 26.8 Å². The third-order valence-corrected chi connectivity index (χ3v) is 4.59. The maximum atomic E-state index is 12.6. The first-order valence-corrected chi connectivity index (χ1v) is 8.11. The molecule has 6 heteroatoms. The van der Waals surface area contributed by atoms with Crippen molar-refractivity contribution in [2.24, 2.45) is 7.05 Å². The summed E-state index contributed by atoms with van der Waals surface area (Å²) in [6.45, 7) is 3.08. The SMILES string of the molecule is COCCn1ccnc1C1CCN(C(=O)c2cccn2C)CC1. The van der Waals surface area contributed by atoms with E-state index < -0.39 is 0 Å². The lowest BCUT2D eigenvalue weighted by Gasteiger charge is -2.32. The number of piperidine rings is 1. The van der Waals surface area contributed by atoms with Gasteiger partial charge in [0.1, 0.15) is 11.5 Å². The molecule has 0 aromatic carbocycles. The molecule has 6 nitrogen and oxygen atoms in total. The fourth-order valence-electron chi connectivity index (χ4n) is 3.25. The number of carbonyl (C=O) groups is 1. The number of aryl methyl sites for hydroxylation is 1. The average Bonchev–Trinajstić information content (AvgIpc) is 3.21. The summed E-state index contributed by atoms with van der Waals surface area (Å²) in [5.41, 5.74) is 0.755. The molecule has 1 aliphatic heterocycles. The van der Waals surface area contributed by atoms with Crippen LogP contribution in [0, 0.1) is 0 Å². The molecular formula is C17H24N4O2. The minimum absolute atomic E-state index is 0.124. The van der Waals surface area contributed by atoms with Gasteiger partial charge in [-0.25, -0.2) is 4.98 Å². The van der Waals surface area contributed by atoms with Crippen molar-refractivity contribution >= 4 is 5.91 Å². The van der Waals surface area contributed by atoms with E-state index in [0.717, 1.165) is 44.0 Å². The molecule has 1 saturated heterocycles. The van der Waals surface area contributed by atoms with Gasteiger partial charge in [-0.15, -0.1) is 0 Å². The fraction of sp³-hybridized carbons (Fsp3) is 0.529. The van der Waals surface area contributed by atoms with E-state index >= 15 is 0 Å². The van der Waals surface area contributed by atoms with Crippen LogP contribution in [-0.2, 0) is 18.3 Å². The van der Waals surface area contributed by atoms with Gasteiger partial charge in [0, 0.05) is 58.3 Å². The molecule has 0 aliphatic carbocycles. The van der Waals surface area contributed by atoms with Crippen molar-refractivity contribution in [3.8, 4) is 0 Å². The number of nitrogens with zero attached hydrogens (tertiary/aromatic N) is 4. The van der Waals surface area contributed by atoms with Crippen LogP contribution >= 0.6 is 0 Å². The van der Waals surface area contributed by atoms with Crippen LogP contribution in [-0.4, -0.2) is 51.7 Å². The average molecular weight is 316 g/mol. The molecule has 0 atom stereocenters. The summed E-state index contributed by atoms with van der Waals surface area (Å²) in [6, 6.07) is 3.79. The number of likely N-dealkylation sites (tertiary alicyclic amines) is 1. The Labute approximate surface area is 136 Å². The number of aromatic nitrogens is 3. The van der Waals surface area contributed by atoms with Gasteiger partial charge in [0.05, 0.1) is 6.61 Å². The van der Waals surface area contributed by atoms with E-state index in [-0.39, 0.29) is 5.91 Å². The molecule has 2 aromatic heterocycles. The number of rotatable bonds is 5.